The molecule has 0 radical (unpaired) electrons. The molecule has 1 aliphatic heterocycles. The smallest absolute Gasteiger partial charge is 0.191 e. The van der Waals surface area contributed by atoms with Gasteiger partial charge in [0.25, 0.3) is 0 Å². The lowest BCUT2D eigenvalue weighted by Gasteiger charge is -2.33. The molecule has 1 fully saturated rings. The van der Waals surface area contributed by atoms with Crippen LogP contribution in [0.15, 0.2) is 38.4 Å². The van der Waals surface area contributed by atoms with Gasteiger partial charge in [-0.05, 0) is 50.9 Å². The summed E-state index contributed by atoms with van der Waals surface area (Å²) < 4.78 is 11.1. The molecule has 2 aromatic heterocycles. The van der Waals surface area contributed by atoms with Crippen LogP contribution in [0.2, 0.25) is 0 Å². The molecule has 0 saturated carbocycles. The fraction of sp³-hybridized carbons (Fsp3) is 0.619. The molecule has 3 heterocycles. The summed E-state index contributed by atoms with van der Waals surface area (Å²) in [6.07, 6.45) is 5.56. The second kappa shape index (κ2) is 12.2. The fourth-order valence-corrected chi connectivity index (χ4v) is 3.49. The summed E-state index contributed by atoms with van der Waals surface area (Å²) in [5.74, 6) is 2.91. The number of halogens is 1. The third-order valence-corrected chi connectivity index (χ3v) is 5.07. The van der Waals surface area contributed by atoms with Gasteiger partial charge in [0.2, 0.25) is 0 Å². The lowest BCUT2D eigenvalue weighted by molar-refractivity contribution is 0.146. The van der Waals surface area contributed by atoms with Crippen molar-refractivity contribution in [2.24, 2.45) is 4.99 Å². The molecule has 1 saturated heterocycles. The number of aliphatic imine (C=N–C) groups is 1. The van der Waals surface area contributed by atoms with Crippen LogP contribution in [0.1, 0.15) is 69.2 Å². The van der Waals surface area contributed by atoms with Gasteiger partial charge >= 0.3 is 0 Å². The molecule has 0 bridgehead atoms. The topological polar surface area (TPSA) is 78.8 Å². The molecule has 0 aliphatic carbocycles. The van der Waals surface area contributed by atoms with Gasteiger partial charge in [-0.3, -0.25) is 4.90 Å². The lowest BCUT2D eigenvalue weighted by Crippen LogP contribution is -2.44. The van der Waals surface area contributed by atoms with Crippen molar-refractivity contribution in [3.63, 3.8) is 0 Å². The molecule has 2 aromatic rings. The summed E-state index contributed by atoms with van der Waals surface area (Å²) in [6.45, 7) is 10.5. The molecule has 29 heavy (non-hydrogen) atoms. The number of hydrogen-bond acceptors (Lipinski definition) is 5. The number of nitrogens with one attached hydrogen (secondary N) is 2. The second-order valence-electron chi connectivity index (χ2n) is 7.58. The van der Waals surface area contributed by atoms with Crippen LogP contribution in [-0.2, 0) is 6.54 Å². The quantitative estimate of drug-likeness (QED) is 0.310. The Bertz CT molecular complexity index is 723. The van der Waals surface area contributed by atoms with E-state index in [0.717, 1.165) is 49.4 Å². The third kappa shape index (κ3) is 7.02. The highest BCUT2D eigenvalue weighted by molar-refractivity contribution is 14.0. The summed E-state index contributed by atoms with van der Waals surface area (Å²) in [6, 6.07) is 6.21. The number of hydrogen-bond donors (Lipinski definition) is 2. The minimum atomic E-state index is 0. The van der Waals surface area contributed by atoms with Crippen LogP contribution < -0.4 is 10.6 Å². The number of likely N-dealkylation sites (tertiary alicyclic amines) is 1. The van der Waals surface area contributed by atoms with E-state index in [1.165, 1.54) is 19.3 Å². The molecular weight excluding hydrogens is 481 g/mol. The Hall–Kier alpha value is -1.55. The summed E-state index contributed by atoms with van der Waals surface area (Å²) in [5.41, 5.74) is 0.964. The Morgan fingerprint density at radius 3 is 2.66 bits per heavy atom. The van der Waals surface area contributed by atoms with Crippen molar-refractivity contribution >= 4 is 29.9 Å². The number of guanidine groups is 1. The van der Waals surface area contributed by atoms with Crippen LogP contribution in [0, 0.1) is 0 Å². The molecule has 7 nitrogen and oxygen atoms in total. The SMILES string of the molecule is CCNC(=NCc1cc(C(C)C)no1)NCC(c1ccco1)N1CCCCC1.I. The van der Waals surface area contributed by atoms with Gasteiger partial charge in [-0.15, -0.1) is 24.0 Å². The Kier molecular flexibility index (Phi) is 9.99. The molecule has 3 rings (SSSR count). The van der Waals surface area contributed by atoms with Gasteiger partial charge in [-0.1, -0.05) is 25.4 Å². The number of aromatic nitrogens is 1. The van der Waals surface area contributed by atoms with E-state index in [0.29, 0.717) is 12.5 Å². The first-order valence-corrected chi connectivity index (χ1v) is 10.4. The van der Waals surface area contributed by atoms with Crippen molar-refractivity contribution in [1.82, 2.24) is 20.7 Å². The predicted octanol–water partition coefficient (Wildman–Crippen LogP) is 4.29. The van der Waals surface area contributed by atoms with Crippen LogP contribution in [0.3, 0.4) is 0 Å². The van der Waals surface area contributed by atoms with Gasteiger partial charge in [0, 0.05) is 19.2 Å². The van der Waals surface area contributed by atoms with Gasteiger partial charge in [0.1, 0.15) is 12.3 Å². The highest BCUT2D eigenvalue weighted by Crippen LogP contribution is 2.24. The Labute approximate surface area is 190 Å². The van der Waals surface area contributed by atoms with Crippen LogP contribution >= 0.6 is 24.0 Å². The maximum absolute atomic E-state index is 5.73. The zero-order chi connectivity index (χ0) is 19.8. The second-order valence-corrected chi connectivity index (χ2v) is 7.58. The minimum Gasteiger partial charge on any atom is -0.468 e. The van der Waals surface area contributed by atoms with Crippen molar-refractivity contribution in [2.45, 2.75) is 58.5 Å². The number of rotatable bonds is 8. The van der Waals surface area contributed by atoms with Crippen molar-refractivity contribution < 1.29 is 8.94 Å². The van der Waals surface area contributed by atoms with Crippen molar-refractivity contribution in [1.29, 1.82) is 0 Å². The zero-order valence-electron chi connectivity index (χ0n) is 17.7. The van der Waals surface area contributed by atoms with E-state index in [-0.39, 0.29) is 30.0 Å². The Morgan fingerprint density at radius 2 is 2.03 bits per heavy atom. The van der Waals surface area contributed by atoms with Gasteiger partial charge < -0.3 is 19.6 Å². The average molecular weight is 515 g/mol. The van der Waals surface area contributed by atoms with Crippen LogP contribution in [0.4, 0.5) is 0 Å². The first kappa shape index (κ1) is 23.7. The lowest BCUT2D eigenvalue weighted by atomic mass is 10.1. The molecule has 162 valence electrons. The van der Waals surface area contributed by atoms with Gasteiger partial charge in [-0.2, -0.15) is 0 Å². The van der Waals surface area contributed by atoms with Gasteiger partial charge in [-0.25, -0.2) is 4.99 Å². The van der Waals surface area contributed by atoms with E-state index in [1.54, 1.807) is 6.26 Å². The normalized spacial score (nSPS) is 16.5. The van der Waals surface area contributed by atoms with E-state index >= 15 is 0 Å². The van der Waals surface area contributed by atoms with E-state index in [1.807, 2.05) is 12.1 Å². The monoisotopic (exact) mass is 515 g/mol. The van der Waals surface area contributed by atoms with E-state index in [4.69, 9.17) is 8.94 Å². The summed E-state index contributed by atoms with van der Waals surface area (Å²) in [5, 5.41) is 10.9. The molecule has 1 aliphatic rings. The Balaban J connectivity index is 0.00000300. The van der Waals surface area contributed by atoms with Crippen molar-refractivity contribution in [3.05, 3.63) is 41.7 Å². The van der Waals surface area contributed by atoms with E-state index in [9.17, 15) is 0 Å². The van der Waals surface area contributed by atoms with Crippen LogP contribution in [0.5, 0.6) is 0 Å². The highest BCUT2D eigenvalue weighted by atomic mass is 127. The summed E-state index contributed by atoms with van der Waals surface area (Å²) in [4.78, 5) is 7.17. The minimum absolute atomic E-state index is 0. The fourth-order valence-electron chi connectivity index (χ4n) is 3.49. The van der Waals surface area contributed by atoms with Crippen LogP contribution in [0.25, 0.3) is 0 Å². The standard InChI is InChI=1S/C21H33N5O2.HI/c1-4-22-21(23-14-17-13-18(16(2)3)25-28-17)24-15-19(20-9-8-12-27-20)26-10-6-5-7-11-26;/h8-9,12-13,16,19H,4-7,10-11,14-15H2,1-3H3,(H2,22,23,24);1H. The number of piperidine rings is 1. The average Bonchev–Trinajstić information content (AvgIpc) is 3.39. The molecule has 0 amide bonds. The number of nitrogens with zero attached hydrogens (tertiary/aromatic N) is 3. The van der Waals surface area contributed by atoms with Gasteiger partial charge in [0.05, 0.1) is 18.0 Å². The molecule has 1 atom stereocenters. The molecular formula is C21H34IN5O2. The maximum Gasteiger partial charge on any atom is 0.191 e. The van der Waals surface area contributed by atoms with E-state index < -0.39 is 0 Å². The molecule has 1 unspecified atom stereocenters. The Morgan fingerprint density at radius 1 is 1.24 bits per heavy atom. The van der Waals surface area contributed by atoms with E-state index in [2.05, 4.69) is 52.5 Å². The maximum atomic E-state index is 5.73. The van der Waals surface area contributed by atoms with Crippen molar-refractivity contribution in [2.75, 3.05) is 26.2 Å². The molecule has 2 N–H and O–H groups in total. The van der Waals surface area contributed by atoms with Crippen LogP contribution in [-0.4, -0.2) is 42.2 Å². The molecule has 8 heteroatoms. The summed E-state index contributed by atoms with van der Waals surface area (Å²) >= 11 is 0. The third-order valence-electron chi connectivity index (χ3n) is 5.07. The number of furan rings is 1. The molecule has 0 aromatic carbocycles. The first-order valence-electron chi connectivity index (χ1n) is 10.4. The molecule has 0 spiro atoms. The largest absolute Gasteiger partial charge is 0.468 e. The summed E-state index contributed by atoms with van der Waals surface area (Å²) in [7, 11) is 0. The first-order chi connectivity index (χ1) is 13.7. The highest BCUT2D eigenvalue weighted by Gasteiger charge is 2.24. The van der Waals surface area contributed by atoms with Gasteiger partial charge in [0.15, 0.2) is 11.7 Å². The predicted molar refractivity (Wildman–Crippen MR) is 126 cm³/mol. The van der Waals surface area contributed by atoms with Crippen molar-refractivity contribution in [3.8, 4) is 0 Å². The zero-order valence-corrected chi connectivity index (χ0v) is 20.0.